The van der Waals surface area contributed by atoms with Crippen LogP contribution in [0.25, 0.3) is 0 Å². The van der Waals surface area contributed by atoms with E-state index in [1.165, 1.54) is 12.1 Å². The second-order valence-electron chi connectivity index (χ2n) is 4.07. The minimum atomic E-state index is -3.91. The van der Waals surface area contributed by atoms with Gasteiger partial charge in [-0.1, -0.05) is 72.1 Å². The Labute approximate surface area is 148 Å². The molecule has 0 aliphatic heterocycles. The van der Waals surface area contributed by atoms with E-state index in [4.69, 9.17) is 4.18 Å². The average molecular weight is 500 g/mol. The number of benzene rings is 1. The summed E-state index contributed by atoms with van der Waals surface area (Å²) in [6, 6.07) is 11.4. The van der Waals surface area contributed by atoms with Gasteiger partial charge in [0.2, 0.25) is 0 Å². The molecule has 1 aromatic carbocycles. The van der Waals surface area contributed by atoms with Gasteiger partial charge in [-0.3, -0.25) is 9.17 Å². The number of hydrogen-bond donors (Lipinski definition) is 0. The van der Waals surface area contributed by atoms with Crippen LogP contribution in [0.4, 0.5) is 0 Å². The molecule has 0 N–H and O–H groups in total. The van der Waals surface area contributed by atoms with E-state index in [-0.39, 0.29) is 4.90 Å². The molecule has 4 nitrogen and oxygen atoms in total. The molecule has 0 radical (unpaired) electrons. The Bertz CT molecular complexity index is 688. The number of pyridine rings is 1. The van der Waals surface area contributed by atoms with Gasteiger partial charge in [0.05, 0.1) is 4.90 Å². The Morgan fingerprint density at radius 1 is 1.05 bits per heavy atom. The van der Waals surface area contributed by atoms with Crippen LogP contribution in [0.3, 0.4) is 0 Å². The largest absolute Gasteiger partial charge is 0.297 e. The molecule has 0 bridgehead atoms. The summed E-state index contributed by atoms with van der Waals surface area (Å²) >= 11 is 9.97. The maximum Gasteiger partial charge on any atom is 0.297 e. The second-order valence-corrected chi connectivity index (χ2v) is 12.6. The van der Waals surface area contributed by atoms with Crippen LogP contribution in [-0.2, 0) is 14.3 Å². The van der Waals surface area contributed by atoms with Crippen molar-refractivity contribution in [1.29, 1.82) is 0 Å². The lowest BCUT2D eigenvalue weighted by Crippen LogP contribution is -2.22. The fraction of sp³-hybridized carbons (Fsp3) is 0.154. The highest BCUT2D eigenvalue weighted by atomic mass is 80.0. The van der Waals surface area contributed by atoms with Crippen LogP contribution in [0.15, 0.2) is 59.8 Å². The first-order valence-corrected chi connectivity index (χ1v) is 9.54. The predicted molar refractivity (Wildman–Crippen MR) is 91.2 cm³/mol. The molecule has 0 saturated heterocycles. The van der Waals surface area contributed by atoms with Crippen LogP contribution in [0, 0.1) is 0 Å². The molecular formula is C13H10Br3NO3S. The quantitative estimate of drug-likeness (QED) is 0.463. The summed E-state index contributed by atoms with van der Waals surface area (Å²) in [6.07, 6.45) is 2.30. The van der Waals surface area contributed by atoms with Gasteiger partial charge in [-0.2, -0.15) is 8.42 Å². The van der Waals surface area contributed by atoms with Gasteiger partial charge in [0.15, 0.2) is 2.14 Å². The van der Waals surface area contributed by atoms with Gasteiger partial charge < -0.3 is 0 Å². The molecular weight excluding hydrogens is 490 g/mol. The fourth-order valence-electron chi connectivity index (χ4n) is 1.60. The highest BCUT2D eigenvalue weighted by molar-refractivity contribution is 9.39. The van der Waals surface area contributed by atoms with Crippen molar-refractivity contribution in [2.24, 2.45) is 0 Å². The molecule has 1 atom stereocenters. The molecule has 0 amide bonds. The Morgan fingerprint density at radius 2 is 1.71 bits per heavy atom. The Hall–Kier alpha value is -0.280. The standard InChI is InChI=1S/C13H10Br3NO3S/c14-13(15,16)12(10-5-4-8-17-9-10)20-21(18,19)11-6-2-1-3-7-11/h1-9,12H. The molecule has 112 valence electrons. The lowest BCUT2D eigenvalue weighted by atomic mass is 10.2. The van der Waals surface area contributed by atoms with E-state index in [0.717, 1.165) is 0 Å². The number of nitrogens with zero attached hydrogens (tertiary/aromatic N) is 1. The highest BCUT2D eigenvalue weighted by Gasteiger charge is 2.37. The minimum Gasteiger partial charge on any atom is -0.264 e. The number of aromatic nitrogens is 1. The zero-order valence-corrected chi connectivity index (χ0v) is 16.1. The van der Waals surface area contributed by atoms with E-state index >= 15 is 0 Å². The number of halogens is 3. The van der Waals surface area contributed by atoms with Crippen molar-refractivity contribution in [3.63, 3.8) is 0 Å². The zero-order valence-electron chi connectivity index (χ0n) is 10.5. The smallest absolute Gasteiger partial charge is 0.264 e. The first-order chi connectivity index (χ1) is 9.81. The monoisotopic (exact) mass is 497 g/mol. The van der Waals surface area contributed by atoms with E-state index in [9.17, 15) is 8.42 Å². The molecule has 2 aromatic rings. The fourth-order valence-corrected chi connectivity index (χ4v) is 4.15. The van der Waals surface area contributed by atoms with Gasteiger partial charge in [0.25, 0.3) is 10.1 Å². The normalized spacial score (nSPS) is 13.9. The Kier molecular flexibility index (Phi) is 5.59. The molecule has 21 heavy (non-hydrogen) atoms. The first kappa shape index (κ1) is 17.1. The summed E-state index contributed by atoms with van der Waals surface area (Å²) in [4.78, 5) is 4.08. The summed E-state index contributed by atoms with van der Waals surface area (Å²) in [5.41, 5.74) is 0.600. The van der Waals surface area contributed by atoms with Crippen molar-refractivity contribution in [2.75, 3.05) is 0 Å². The number of rotatable bonds is 4. The molecule has 8 heteroatoms. The Balaban J connectivity index is 2.37. The molecule has 0 saturated carbocycles. The summed E-state index contributed by atoms with van der Waals surface area (Å²) in [5.74, 6) is 0. The van der Waals surface area contributed by atoms with E-state index in [0.29, 0.717) is 5.56 Å². The Morgan fingerprint density at radius 3 is 2.24 bits per heavy atom. The van der Waals surface area contributed by atoms with E-state index in [2.05, 4.69) is 52.8 Å². The zero-order chi connectivity index (χ0) is 15.5. The summed E-state index contributed by atoms with van der Waals surface area (Å²) < 4.78 is 29.1. The van der Waals surface area contributed by atoms with Crippen LogP contribution >= 0.6 is 47.8 Å². The lowest BCUT2D eigenvalue weighted by Gasteiger charge is -2.25. The van der Waals surface area contributed by atoms with Gasteiger partial charge in [0, 0.05) is 18.0 Å². The van der Waals surface area contributed by atoms with Crippen molar-refractivity contribution >= 4 is 57.9 Å². The predicted octanol–water partition coefficient (Wildman–Crippen LogP) is 4.37. The molecule has 0 fully saturated rings. The molecule has 1 aromatic heterocycles. The van der Waals surface area contributed by atoms with E-state index in [1.807, 2.05) is 0 Å². The molecule has 1 heterocycles. The summed E-state index contributed by atoms with van der Waals surface area (Å²) in [5, 5.41) is 0. The third kappa shape index (κ3) is 4.59. The first-order valence-electron chi connectivity index (χ1n) is 5.76. The third-order valence-corrected chi connectivity index (χ3v) is 5.08. The molecule has 0 aliphatic carbocycles. The van der Waals surface area contributed by atoms with Gasteiger partial charge in [-0.05, 0) is 18.2 Å². The SMILES string of the molecule is O=S(=O)(OC(c1cccnc1)C(Br)(Br)Br)c1ccccc1. The number of alkyl halides is 3. The van der Waals surface area contributed by atoms with Crippen molar-refractivity contribution < 1.29 is 12.6 Å². The van der Waals surface area contributed by atoms with Gasteiger partial charge in [-0.15, -0.1) is 0 Å². The highest BCUT2D eigenvalue weighted by Crippen LogP contribution is 2.48. The minimum absolute atomic E-state index is 0.0932. The molecule has 0 aliphatic rings. The topological polar surface area (TPSA) is 56.3 Å². The van der Waals surface area contributed by atoms with E-state index < -0.39 is 18.4 Å². The summed E-state index contributed by atoms with van der Waals surface area (Å²) in [7, 11) is -3.91. The average Bonchev–Trinajstić information content (AvgIpc) is 2.46. The summed E-state index contributed by atoms with van der Waals surface area (Å²) in [6.45, 7) is 0. The van der Waals surface area contributed by atoms with Crippen molar-refractivity contribution in [2.45, 2.75) is 13.1 Å². The van der Waals surface area contributed by atoms with Crippen LogP contribution in [0.2, 0.25) is 0 Å². The third-order valence-electron chi connectivity index (χ3n) is 2.54. The maximum atomic E-state index is 12.4. The van der Waals surface area contributed by atoms with Crippen LogP contribution in [-0.4, -0.2) is 15.5 Å². The lowest BCUT2D eigenvalue weighted by molar-refractivity contribution is 0.228. The van der Waals surface area contributed by atoms with Crippen LogP contribution in [0.5, 0.6) is 0 Å². The number of hydrogen-bond acceptors (Lipinski definition) is 4. The van der Waals surface area contributed by atoms with E-state index in [1.54, 1.807) is 42.7 Å². The molecule has 2 rings (SSSR count). The van der Waals surface area contributed by atoms with Crippen molar-refractivity contribution in [3.8, 4) is 0 Å². The molecule has 1 unspecified atom stereocenters. The van der Waals surface area contributed by atoms with Gasteiger partial charge in [0.1, 0.15) is 6.10 Å². The second kappa shape index (κ2) is 6.87. The van der Waals surface area contributed by atoms with Crippen LogP contribution < -0.4 is 0 Å². The van der Waals surface area contributed by atoms with Crippen molar-refractivity contribution in [1.82, 2.24) is 4.98 Å². The van der Waals surface area contributed by atoms with Crippen molar-refractivity contribution in [3.05, 3.63) is 60.4 Å². The van der Waals surface area contributed by atoms with Gasteiger partial charge >= 0.3 is 0 Å². The van der Waals surface area contributed by atoms with Gasteiger partial charge in [-0.25, -0.2) is 0 Å². The molecule has 0 spiro atoms. The van der Waals surface area contributed by atoms with Crippen LogP contribution in [0.1, 0.15) is 11.7 Å². The maximum absolute atomic E-state index is 12.4.